The third-order valence-electron chi connectivity index (χ3n) is 3.89. The van der Waals surface area contributed by atoms with E-state index in [2.05, 4.69) is 20.9 Å². The first-order valence-electron chi connectivity index (χ1n) is 8.68. The maximum absolute atomic E-state index is 12.2. The van der Waals surface area contributed by atoms with Gasteiger partial charge in [-0.05, 0) is 39.0 Å². The van der Waals surface area contributed by atoms with Crippen LogP contribution in [0.25, 0.3) is 0 Å². The second kappa shape index (κ2) is 14.3. The molecule has 8 nitrogen and oxygen atoms in total. The van der Waals surface area contributed by atoms with Crippen LogP contribution in [0.15, 0.2) is 0 Å². The molecule has 9 heteroatoms. The maximum atomic E-state index is 12.2. The Morgan fingerprint density at radius 3 is 2.44 bits per heavy atom. The number of amides is 2. The fourth-order valence-electron chi connectivity index (χ4n) is 2.42. The SMILES string of the molecule is CNC(CC(C)CNC(=O)C(C)CC(C)OCCNNSC)C(N)=O. The second-order valence-corrected chi connectivity index (χ2v) is 6.99. The van der Waals surface area contributed by atoms with Crippen LogP contribution in [0.1, 0.15) is 33.6 Å². The summed E-state index contributed by atoms with van der Waals surface area (Å²) in [7, 11) is 1.71. The van der Waals surface area contributed by atoms with Crippen LogP contribution in [0, 0.1) is 11.8 Å². The summed E-state index contributed by atoms with van der Waals surface area (Å²) in [5.41, 5.74) is 8.31. The summed E-state index contributed by atoms with van der Waals surface area (Å²) < 4.78 is 5.68. The maximum Gasteiger partial charge on any atom is 0.234 e. The zero-order valence-corrected chi connectivity index (χ0v) is 16.9. The normalized spacial score (nSPS) is 16.0. The van der Waals surface area contributed by atoms with Crippen molar-refractivity contribution in [1.29, 1.82) is 0 Å². The predicted molar refractivity (Wildman–Crippen MR) is 103 cm³/mol. The van der Waals surface area contributed by atoms with Gasteiger partial charge in [0, 0.05) is 19.0 Å². The van der Waals surface area contributed by atoms with Gasteiger partial charge < -0.3 is 21.1 Å². The third kappa shape index (κ3) is 12.2. The summed E-state index contributed by atoms with van der Waals surface area (Å²) in [6.45, 7) is 7.66. The van der Waals surface area contributed by atoms with E-state index in [1.165, 1.54) is 11.9 Å². The molecule has 0 aliphatic carbocycles. The molecule has 0 aromatic carbocycles. The molecule has 0 radical (unpaired) electrons. The highest BCUT2D eigenvalue weighted by Crippen LogP contribution is 2.10. The van der Waals surface area contributed by atoms with E-state index in [-0.39, 0.29) is 35.8 Å². The van der Waals surface area contributed by atoms with Gasteiger partial charge in [0.2, 0.25) is 11.8 Å². The summed E-state index contributed by atoms with van der Waals surface area (Å²) in [6.07, 6.45) is 3.20. The zero-order chi connectivity index (χ0) is 19.2. The summed E-state index contributed by atoms with van der Waals surface area (Å²) in [6, 6.07) is -0.369. The highest BCUT2D eigenvalue weighted by Gasteiger charge is 2.20. The largest absolute Gasteiger partial charge is 0.377 e. The molecule has 0 saturated carbocycles. The Bertz CT molecular complexity index is 387. The van der Waals surface area contributed by atoms with Gasteiger partial charge in [-0.3, -0.25) is 9.59 Å². The van der Waals surface area contributed by atoms with Crippen LogP contribution in [-0.2, 0) is 14.3 Å². The number of nitrogens with two attached hydrogens (primary N) is 1. The molecule has 25 heavy (non-hydrogen) atoms. The van der Waals surface area contributed by atoms with Crippen LogP contribution in [-0.4, -0.2) is 57.0 Å². The topological polar surface area (TPSA) is 118 Å². The summed E-state index contributed by atoms with van der Waals surface area (Å²) in [5, 5.41) is 5.83. The Morgan fingerprint density at radius 1 is 1.20 bits per heavy atom. The van der Waals surface area contributed by atoms with Crippen molar-refractivity contribution in [2.45, 2.75) is 45.8 Å². The predicted octanol–water partition coefficient (Wildman–Crippen LogP) is 0.00560. The molecule has 4 unspecified atom stereocenters. The van der Waals surface area contributed by atoms with E-state index in [4.69, 9.17) is 10.5 Å². The number of hydrogen-bond acceptors (Lipinski definition) is 7. The van der Waals surface area contributed by atoms with Gasteiger partial charge in [0.05, 0.1) is 18.8 Å². The Morgan fingerprint density at radius 2 is 1.88 bits per heavy atom. The molecule has 0 saturated heterocycles. The molecule has 4 atom stereocenters. The van der Waals surface area contributed by atoms with Crippen LogP contribution in [0.4, 0.5) is 0 Å². The Kier molecular flexibility index (Phi) is 13.8. The number of carbonyl (C=O) groups is 2. The van der Waals surface area contributed by atoms with Gasteiger partial charge in [-0.15, -0.1) is 0 Å². The van der Waals surface area contributed by atoms with E-state index in [0.717, 1.165) is 0 Å². The number of primary amides is 1. The van der Waals surface area contributed by atoms with E-state index in [1.807, 2.05) is 27.0 Å². The minimum atomic E-state index is -0.373. The van der Waals surface area contributed by atoms with E-state index in [1.54, 1.807) is 7.05 Å². The Labute approximate surface area is 155 Å². The molecule has 2 amide bonds. The molecular formula is C16H35N5O3S. The van der Waals surface area contributed by atoms with Gasteiger partial charge in [0.25, 0.3) is 0 Å². The monoisotopic (exact) mass is 377 g/mol. The first-order valence-corrected chi connectivity index (χ1v) is 9.90. The van der Waals surface area contributed by atoms with Crippen molar-refractivity contribution in [2.75, 3.05) is 33.0 Å². The van der Waals surface area contributed by atoms with Gasteiger partial charge >= 0.3 is 0 Å². The van der Waals surface area contributed by atoms with Crippen molar-refractivity contribution >= 4 is 23.8 Å². The Hall–Kier alpha value is -0.870. The molecule has 0 spiro atoms. The van der Waals surface area contributed by atoms with Crippen molar-refractivity contribution in [3.05, 3.63) is 0 Å². The number of ether oxygens (including phenoxy) is 1. The molecular weight excluding hydrogens is 342 g/mol. The number of nitrogens with one attached hydrogen (secondary N) is 4. The van der Waals surface area contributed by atoms with E-state index in [9.17, 15) is 9.59 Å². The van der Waals surface area contributed by atoms with Crippen molar-refractivity contribution in [3.63, 3.8) is 0 Å². The lowest BCUT2D eigenvalue weighted by molar-refractivity contribution is -0.125. The zero-order valence-electron chi connectivity index (χ0n) is 16.1. The molecule has 0 fully saturated rings. The molecule has 0 aromatic rings. The minimum Gasteiger partial charge on any atom is -0.377 e. The van der Waals surface area contributed by atoms with Crippen LogP contribution >= 0.6 is 11.9 Å². The van der Waals surface area contributed by atoms with E-state index >= 15 is 0 Å². The number of hydrazine groups is 1. The summed E-state index contributed by atoms with van der Waals surface area (Å²) >= 11 is 1.49. The molecule has 0 bridgehead atoms. The average molecular weight is 378 g/mol. The van der Waals surface area contributed by atoms with Gasteiger partial charge in [-0.2, -0.15) is 0 Å². The van der Waals surface area contributed by atoms with Crippen LogP contribution in [0.2, 0.25) is 0 Å². The number of hydrogen-bond donors (Lipinski definition) is 5. The van der Waals surface area contributed by atoms with Crippen molar-refractivity contribution in [3.8, 4) is 0 Å². The quantitative estimate of drug-likeness (QED) is 0.155. The van der Waals surface area contributed by atoms with Gasteiger partial charge in [-0.25, -0.2) is 10.3 Å². The first-order chi connectivity index (χ1) is 11.8. The molecule has 0 heterocycles. The Balaban J connectivity index is 3.98. The first kappa shape index (κ1) is 24.1. The summed E-state index contributed by atoms with van der Waals surface area (Å²) in [4.78, 5) is 26.3. The lowest BCUT2D eigenvalue weighted by atomic mass is 10.00. The standard InChI is InChI=1S/C16H35N5O3S/c1-11(8-14(18-4)15(17)22)10-19-16(23)12(2)9-13(3)24-7-6-20-21-25-5/h11-14,18,20-21H,6-10H2,1-5H3,(H2,17,22)(H,19,23). The number of carbonyl (C=O) groups excluding carboxylic acids is 2. The molecule has 0 aliphatic heterocycles. The van der Waals surface area contributed by atoms with Gasteiger partial charge in [0.15, 0.2) is 0 Å². The minimum absolute atomic E-state index is 0.00422. The second-order valence-electron chi connectivity index (χ2n) is 6.38. The summed E-state index contributed by atoms with van der Waals surface area (Å²) in [5.74, 6) is -0.340. The molecule has 148 valence electrons. The third-order valence-corrected chi connectivity index (χ3v) is 4.24. The van der Waals surface area contributed by atoms with Crippen molar-refractivity contribution < 1.29 is 14.3 Å². The highest BCUT2D eigenvalue weighted by molar-refractivity contribution is 7.96. The van der Waals surface area contributed by atoms with Crippen LogP contribution in [0.5, 0.6) is 0 Å². The number of likely N-dealkylation sites (N-methyl/N-ethyl adjacent to an activating group) is 1. The van der Waals surface area contributed by atoms with Crippen LogP contribution in [0.3, 0.4) is 0 Å². The van der Waals surface area contributed by atoms with Gasteiger partial charge in [0.1, 0.15) is 0 Å². The molecule has 0 aliphatic rings. The average Bonchev–Trinajstić information content (AvgIpc) is 2.56. The lowest BCUT2D eigenvalue weighted by Crippen LogP contribution is -2.42. The van der Waals surface area contributed by atoms with Gasteiger partial charge in [-0.1, -0.05) is 25.8 Å². The van der Waals surface area contributed by atoms with Crippen molar-refractivity contribution in [2.24, 2.45) is 17.6 Å². The van der Waals surface area contributed by atoms with E-state index < -0.39 is 0 Å². The molecule has 0 aromatic heterocycles. The number of rotatable bonds is 15. The fraction of sp³-hybridized carbons (Fsp3) is 0.875. The van der Waals surface area contributed by atoms with E-state index in [0.29, 0.717) is 32.5 Å². The molecule has 6 N–H and O–H groups in total. The lowest BCUT2D eigenvalue weighted by Gasteiger charge is -2.21. The van der Waals surface area contributed by atoms with Crippen LogP contribution < -0.4 is 26.6 Å². The molecule has 0 rings (SSSR count). The highest BCUT2D eigenvalue weighted by atomic mass is 32.2. The van der Waals surface area contributed by atoms with Crippen molar-refractivity contribution in [1.82, 2.24) is 20.9 Å². The smallest absolute Gasteiger partial charge is 0.234 e. The fourth-order valence-corrected chi connectivity index (χ4v) is 2.66.